The molecule has 0 saturated carbocycles. The molecule has 0 amide bonds. The number of fused-ring (bicyclic) bond motifs is 3. The Morgan fingerprint density at radius 1 is 0.612 bits per heavy atom. The lowest BCUT2D eigenvalue weighted by Gasteiger charge is -2.37. The fourth-order valence-electron chi connectivity index (χ4n) is 6.91. The summed E-state index contributed by atoms with van der Waals surface area (Å²) in [5.41, 5.74) is 4.73. The van der Waals surface area contributed by atoms with E-state index < -0.39 is 15.6 Å². The Kier molecular flexibility index (Phi) is 7.34. The lowest BCUT2D eigenvalue weighted by atomic mass is 9.77. The fourth-order valence-corrected chi connectivity index (χ4v) is 8.43. The van der Waals surface area contributed by atoms with Crippen LogP contribution >= 0.6 is 0 Å². The van der Waals surface area contributed by atoms with Crippen LogP contribution in [0.4, 0.5) is 0 Å². The predicted molar refractivity (Wildman–Crippen MR) is 193 cm³/mol. The maximum absolute atomic E-state index is 14.3. The van der Waals surface area contributed by atoms with Crippen LogP contribution in [-0.4, -0.2) is 27.7 Å². The Hall–Kier alpha value is -6.05. The van der Waals surface area contributed by atoms with E-state index in [0.29, 0.717) is 16.6 Å². The van der Waals surface area contributed by atoms with E-state index in [1.807, 2.05) is 90.4 Å². The van der Waals surface area contributed by atoms with Gasteiger partial charge in [0.25, 0.3) is 10.0 Å². The summed E-state index contributed by atoms with van der Waals surface area (Å²) in [6.45, 7) is 1.92. The van der Waals surface area contributed by atoms with Crippen molar-refractivity contribution < 1.29 is 13.2 Å². The first-order valence-corrected chi connectivity index (χ1v) is 17.4. The molecule has 0 bridgehead atoms. The molecule has 0 unspecified atom stereocenters. The molecule has 8 aromatic rings. The highest BCUT2D eigenvalue weighted by Crippen LogP contribution is 2.41. The van der Waals surface area contributed by atoms with Crippen LogP contribution in [0.3, 0.4) is 0 Å². The van der Waals surface area contributed by atoms with Crippen LogP contribution in [0.15, 0.2) is 175 Å². The van der Waals surface area contributed by atoms with E-state index in [0.717, 1.165) is 33.0 Å². The molecule has 0 atom stereocenters. The molecule has 0 saturated heterocycles. The maximum Gasteiger partial charge on any atom is 0.268 e. The summed E-state index contributed by atoms with van der Waals surface area (Å²) in [6.07, 6.45) is 3.50. The molecule has 0 aliphatic heterocycles. The van der Waals surface area contributed by atoms with Gasteiger partial charge in [0.2, 0.25) is 5.78 Å². The third kappa shape index (κ3) is 4.90. The Morgan fingerprint density at radius 2 is 1.14 bits per heavy atom. The summed E-state index contributed by atoms with van der Waals surface area (Å²) in [7, 11) is -3.99. The molecule has 0 aliphatic rings. The maximum atomic E-state index is 14.3. The SMILES string of the molecule is Cc1ccc(S(=O)(=O)n2c3ccccc3c3ccc(C(=O)c4cn(C(c5ccccc5)(c5ccccc5)c5ccccc5)cn4)cc32)cc1. The normalized spacial score (nSPS) is 12.0. The Morgan fingerprint density at radius 3 is 1.73 bits per heavy atom. The molecule has 0 radical (unpaired) electrons. The molecule has 238 valence electrons. The molecule has 6 aromatic carbocycles. The first-order valence-electron chi connectivity index (χ1n) is 16.0. The molecule has 0 N–H and O–H groups in total. The number of aromatic nitrogens is 3. The van der Waals surface area contributed by atoms with Crippen molar-refractivity contribution in [2.75, 3.05) is 0 Å². The molecular formula is C42H31N3O3S. The van der Waals surface area contributed by atoms with Crippen LogP contribution in [-0.2, 0) is 15.6 Å². The number of nitrogens with zero attached hydrogens (tertiary/aromatic N) is 3. The Labute approximate surface area is 284 Å². The molecule has 49 heavy (non-hydrogen) atoms. The van der Waals surface area contributed by atoms with Gasteiger partial charge in [-0.25, -0.2) is 17.4 Å². The molecule has 0 fully saturated rings. The van der Waals surface area contributed by atoms with Gasteiger partial charge in [0.05, 0.1) is 22.3 Å². The van der Waals surface area contributed by atoms with E-state index in [1.54, 1.807) is 55.0 Å². The summed E-state index contributed by atoms with van der Waals surface area (Å²) in [5.74, 6) is -0.312. The van der Waals surface area contributed by atoms with Crippen molar-refractivity contribution in [1.29, 1.82) is 0 Å². The van der Waals surface area contributed by atoms with Crippen molar-refractivity contribution >= 4 is 37.6 Å². The summed E-state index contributed by atoms with van der Waals surface area (Å²) in [6, 6.07) is 50.0. The zero-order valence-electron chi connectivity index (χ0n) is 26.6. The Balaban J connectivity index is 1.29. The Bertz CT molecular complexity index is 2480. The van der Waals surface area contributed by atoms with Crippen molar-refractivity contribution in [3.8, 4) is 0 Å². The van der Waals surface area contributed by atoms with Gasteiger partial charge >= 0.3 is 0 Å². The molecule has 2 aromatic heterocycles. The highest BCUT2D eigenvalue weighted by atomic mass is 32.2. The average molecular weight is 658 g/mol. The second-order valence-corrected chi connectivity index (χ2v) is 13.9. The summed E-state index contributed by atoms with van der Waals surface area (Å²) in [4.78, 5) is 19.1. The number of ketones is 1. The topological polar surface area (TPSA) is 74.0 Å². The number of hydrogen-bond acceptors (Lipinski definition) is 4. The van der Waals surface area contributed by atoms with Crippen LogP contribution in [0.25, 0.3) is 21.8 Å². The third-order valence-corrected chi connectivity index (χ3v) is 11.0. The first-order chi connectivity index (χ1) is 23.9. The molecule has 2 heterocycles. The van der Waals surface area contributed by atoms with Crippen molar-refractivity contribution in [2.24, 2.45) is 0 Å². The number of carbonyl (C=O) groups is 1. The quantitative estimate of drug-likeness (QED) is 0.121. The lowest BCUT2D eigenvalue weighted by Crippen LogP contribution is -2.37. The van der Waals surface area contributed by atoms with E-state index in [-0.39, 0.29) is 16.4 Å². The molecule has 0 spiro atoms. The van der Waals surface area contributed by atoms with Gasteiger partial charge in [-0.15, -0.1) is 0 Å². The van der Waals surface area contributed by atoms with Crippen LogP contribution in [0.5, 0.6) is 0 Å². The number of carbonyl (C=O) groups excluding carboxylic acids is 1. The van der Waals surface area contributed by atoms with Gasteiger partial charge in [-0.05, 0) is 47.9 Å². The van der Waals surface area contributed by atoms with Gasteiger partial charge in [0, 0.05) is 22.5 Å². The largest absolute Gasteiger partial charge is 0.318 e. The minimum atomic E-state index is -3.99. The molecule has 7 heteroatoms. The molecular weight excluding hydrogens is 627 g/mol. The van der Waals surface area contributed by atoms with Crippen LogP contribution in [0.1, 0.15) is 38.3 Å². The van der Waals surface area contributed by atoms with Gasteiger partial charge in [0.15, 0.2) is 0 Å². The molecule has 6 nitrogen and oxygen atoms in total. The van der Waals surface area contributed by atoms with Crippen molar-refractivity contribution in [3.63, 3.8) is 0 Å². The standard InChI is InChI=1S/C42H31N3O3S/c1-30-21-24-35(25-22-30)49(47,48)45-39-20-12-11-19-36(39)37-26-23-31(27-40(37)45)41(46)38-28-44(29-43-38)42(32-13-5-2-6-14-32,33-15-7-3-8-16-33)34-17-9-4-10-18-34/h2-29H,1H3. The van der Waals surface area contributed by atoms with Gasteiger partial charge in [0.1, 0.15) is 11.2 Å². The zero-order chi connectivity index (χ0) is 33.6. The monoisotopic (exact) mass is 657 g/mol. The number of benzene rings is 6. The van der Waals surface area contributed by atoms with Gasteiger partial charge in [-0.2, -0.15) is 0 Å². The zero-order valence-corrected chi connectivity index (χ0v) is 27.5. The van der Waals surface area contributed by atoms with Crippen molar-refractivity contribution in [2.45, 2.75) is 17.4 Å². The van der Waals surface area contributed by atoms with Gasteiger partial charge < -0.3 is 4.57 Å². The summed E-state index contributed by atoms with van der Waals surface area (Å²) >= 11 is 0. The fraction of sp³-hybridized carbons (Fsp3) is 0.0476. The van der Waals surface area contributed by atoms with Gasteiger partial charge in [-0.1, -0.05) is 139 Å². The molecule has 0 aliphatic carbocycles. The van der Waals surface area contributed by atoms with E-state index in [2.05, 4.69) is 41.4 Å². The third-order valence-electron chi connectivity index (χ3n) is 9.23. The second kappa shape index (κ2) is 11.9. The van der Waals surface area contributed by atoms with Crippen molar-refractivity contribution in [1.82, 2.24) is 13.5 Å². The number of hydrogen-bond donors (Lipinski definition) is 0. The second-order valence-electron chi connectivity index (χ2n) is 12.1. The van der Waals surface area contributed by atoms with Crippen molar-refractivity contribution in [3.05, 3.63) is 204 Å². The predicted octanol–water partition coefficient (Wildman–Crippen LogP) is 8.61. The highest BCUT2D eigenvalue weighted by Gasteiger charge is 2.38. The van der Waals surface area contributed by atoms with E-state index in [1.165, 1.54) is 3.97 Å². The molecule has 8 rings (SSSR count). The lowest BCUT2D eigenvalue weighted by molar-refractivity contribution is 0.103. The first kappa shape index (κ1) is 30.3. The number of para-hydroxylation sites is 1. The van der Waals surface area contributed by atoms with Crippen LogP contribution in [0.2, 0.25) is 0 Å². The number of aryl methyl sites for hydroxylation is 1. The van der Waals surface area contributed by atoms with E-state index in [9.17, 15) is 13.2 Å². The minimum Gasteiger partial charge on any atom is -0.318 e. The number of rotatable bonds is 8. The van der Waals surface area contributed by atoms with E-state index >= 15 is 0 Å². The van der Waals surface area contributed by atoms with Crippen LogP contribution in [0, 0.1) is 6.92 Å². The summed E-state index contributed by atoms with van der Waals surface area (Å²) < 4.78 is 31.7. The highest BCUT2D eigenvalue weighted by molar-refractivity contribution is 7.90. The smallest absolute Gasteiger partial charge is 0.268 e. The average Bonchev–Trinajstić information content (AvgIpc) is 3.77. The van der Waals surface area contributed by atoms with Gasteiger partial charge in [-0.3, -0.25) is 4.79 Å². The summed E-state index contributed by atoms with van der Waals surface area (Å²) in [5, 5.41) is 1.53. The number of imidazole rings is 1. The van der Waals surface area contributed by atoms with Crippen LogP contribution < -0.4 is 0 Å². The minimum absolute atomic E-state index is 0.176. The van der Waals surface area contributed by atoms with E-state index in [4.69, 9.17) is 0 Å².